The van der Waals surface area contributed by atoms with Gasteiger partial charge in [0.15, 0.2) is 9.84 Å². The first-order valence-electron chi connectivity index (χ1n) is 5.05. The first kappa shape index (κ1) is 14.9. The van der Waals surface area contributed by atoms with Gasteiger partial charge in [0.05, 0.1) is 10.00 Å². The van der Waals surface area contributed by atoms with Crippen molar-refractivity contribution in [1.82, 2.24) is 5.48 Å². The van der Waals surface area contributed by atoms with Crippen LogP contribution >= 0.6 is 0 Å². The quantitative estimate of drug-likeness (QED) is 0.732. The fourth-order valence-electron chi connectivity index (χ4n) is 1.39. The Morgan fingerprint density at radius 1 is 1.13 bits per heavy atom. The highest BCUT2D eigenvalue weighted by molar-refractivity contribution is 7.93. The highest BCUT2D eigenvalue weighted by Crippen LogP contribution is 2.32. The molecule has 0 heterocycles. The van der Waals surface area contributed by atoms with Crippen LogP contribution < -0.4 is 5.48 Å². The standard InChI is InChI=1S/C10H23NO3S/c1-9(2,3)8(7-11-12)15(13,14)10(4,5)6/h8,11-12H,7H2,1-6H3. The van der Waals surface area contributed by atoms with Gasteiger partial charge in [-0.15, -0.1) is 0 Å². The smallest absolute Gasteiger partial charge is 0.159 e. The van der Waals surface area contributed by atoms with Crippen molar-refractivity contribution in [1.29, 1.82) is 0 Å². The summed E-state index contributed by atoms with van der Waals surface area (Å²) in [6, 6.07) is 0. The second kappa shape index (κ2) is 4.39. The molecule has 0 fully saturated rings. The summed E-state index contributed by atoms with van der Waals surface area (Å²) >= 11 is 0. The van der Waals surface area contributed by atoms with E-state index in [-0.39, 0.29) is 6.54 Å². The minimum Gasteiger partial charge on any atom is -0.317 e. The minimum absolute atomic E-state index is 0.0586. The first-order valence-corrected chi connectivity index (χ1v) is 6.59. The minimum atomic E-state index is -3.28. The Hall–Kier alpha value is -0.130. The zero-order chi connectivity index (χ0) is 12.5. The number of sulfone groups is 1. The van der Waals surface area contributed by atoms with Crippen molar-refractivity contribution < 1.29 is 13.6 Å². The van der Waals surface area contributed by atoms with Crippen LogP contribution in [0, 0.1) is 5.41 Å². The third-order valence-corrected chi connectivity index (χ3v) is 5.80. The molecule has 0 spiro atoms. The number of hydroxylamine groups is 1. The van der Waals surface area contributed by atoms with E-state index in [1.165, 1.54) is 0 Å². The summed E-state index contributed by atoms with van der Waals surface area (Å²) in [5, 5.41) is 8.11. The average Bonchev–Trinajstić information content (AvgIpc) is 1.95. The van der Waals surface area contributed by atoms with Crippen molar-refractivity contribution in [3.8, 4) is 0 Å². The molecule has 0 radical (unpaired) electrons. The SMILES string of the molecule is CC(C)(C)C(CNO)S(=O)(=O)C(C)(C)C. The molecule has 0 aromatic carbocycles. The van der Waals surface area contributed by atoms with Crippen LogP contribution in [0.4, 0.5) is 0 Å². The van der Waals surface area contributed by atoms with E-state index in [1.807, 2.05) is 26.3 Å². The van der Waals surface area contributed by atoms with E-state index in [1.54, 1.807) is 20.8 Å². The molecule has 0 rings (SSSR count). The lowest BCUT2D eigenvalue weighted by Gasteiger charge is -2.35. The summed E-state index contributed by atoms with van der Waals surface area (Å²) in [4.78, 5) is 0. The van der Waals surface area contributed by atoms with Crippen LogP contribution in [0.25, 0.3) is 0 Å². The van der Waals surface area contributed by atoms with E-state index in [4.69, 9.17) is 5.21 Å². The molecular formula is C10H23NO3S. The zero-order valence-corrected chi connectivity index (χ0v) is 11.3. The molecule has 0 amide bonds. The van der Waals surface area contributed by atoms with Crippen LogP contribution in [0.5, 0.6) is 0 Å². The first-order chi connectivity index (χ1) is 6.44. The highest BCUT2D eigenvalue weighted by atomic mass is 32.2. The third-order valence-electron chi connectivity index (χ3n) is 2.47. The summed E-state index contributed by atoms with van der Waals surface area (Å²) in [5.41, 5.74) is 1.57. The second-order valence-corrected chi connectivity index (χ2v) is 8.76. The lowest BCUT2D eigenvalue weighted by molar-refractivity contribution is 0.152. The third kappa shape index (κ3) is 3.43. The molecule has 5 heteroatoms. The Morgan fingerprint density at radius 2 is 1.53 bits per heavy atom. The van der Waals surface area contributed by atoms with Crippen molar-refractivity contribution in [3.63, 3.8) is 0 Å². The molecule has 2 N–H and O–H groups in total. The molecule has 0 saturated heterocycles. The summed E-state index contributed by atoms with van der Waals surface area (Å²) in [7, 11) is -3.28. The van der Waals surface area contributed by atoms with Crippen molar-refractivity contribution in [2.45, 2.75) is 51.5 Å². The van der Waals surface area contributed by atoms with Crippen LogP contribution in [-0.2, 0) is 9.84 Å². The highest BCUT2D eigenvalue weighted by Gasteiger charge is 2.42. The van der Waals surface area contributed by atoms with Gasteiger partial charge in [-0.3, -0.25) is 0 Å². The Bertz CT molecular complexity index is 296. The molecule has 1 unspecified atom stereocenters. The summed E-state index contributed by atoms with van der Waals surface area (Å²) in [6.07, 6.45) is 0. The molecule has 0 aliphatic heterocycles. The van der Waals surface area contributed by atoms with Gasteiger partial charge in [-0.05, 0) is 26.2 Å². The van der Waals surface area contributed by atoms with Crippen molar-refractivity contribution in [2.24, 2.45) is 5.41 Å². The lowest BCUT2D eigenvalue weighted by atomic mass is 9.92. The molecule has 0 saturated carbocycles. The van der Waals surface area contributed by atoms with E-state index < -0.39 is 25.2 Å². The molecule has 15 heavy (non-hydrogen) atoms. The van der Waals surface area contributed by atoms with Crippen LogP contribution in [-0.4, -0.2) is 30.2 Å². The zero-order valence-electron chi connectivity index (χ0n) is 10.5. The Balaban J connectivity index is 5.30. The fourth-order valence-corrected chi connectivity index (χ4v) is 3.47. The van der Waals surface area contributed by atoms with E-state index in [9.17, 15) is 8.42 Å². The van der Waals surface area contributed by atoms with E-state index in [0.717, 1.165) is 0 Å². The normalized spacial score (nSPS) is 16.5. The summed E-state index contributed by atoms with van der Waals surface area (Å²) in [6.45, 7) is 10.7. The molecule has 1 atom stereocenters. The molecule has 0 aliphatic rings. The molecule has 92 valence electrons. The Morgan fingerprint density at radius 3 is 1.73 bits per heavy atom. The van der Waals surface area contributed by atoms with Crippen LogP contribution in [0.1, 0.15) is 41.5 Å². The van der Waals surface area contributed by atoms with E-state index in [0.29, 0.717) is 0 Å². The Labute approximate surface area is 92.9 Å². The Kier molecular flexibility index (Phi) is 4.35. The monoisotopic (exact) mass is 237 g/mol. The van der Waals surface area contributed by atoms with Gasteiger partial charge in [0.2, 0.25) is 0 Å². The van der Waals surface area contributed by atoms with E-state index >= 15 is 0 Å². The topological polar surface area (TPSA) is 66.4 Å². The van der Waals surface area contributed by atoms with Crippen molar-refractivity contribution in [3.05, 3.63) is 0 Å². The molecule has 0 bridgehead atoms. The predicted octanol–water partition coefficient (Wildman–Crippen LogP) is 1.59. The number of nitrogens with one attached hydrogen (secondary N) is 1. The van der Waals surface area contributed by atoms with Crippen LogP contribution in [0.2, 0.25) is 0 Å². The maximum atomic E-state index is 12.2. The van der Waals surface area contributed by atoms with Crippen molar-refractivity contribution >= 4 is 9.84 Å². The van der Waals surface area contributed by atoms with Gasteiger partial charge in [-0.25, -0.2) is 13.9 Å². The fraction of sp³-hybridized carbons (Fsp3) is 1.00. The summed E-state index contributed by atoms with van der Waals surface area (Å²) in [5.74, 6) is 0. The van der Waals surface area contributed by atoms with Gasteiger partial charge in [0, 0.05) is 6.54 Å². The maximum absolute atomic E-state index is 12.2. The number of hydrogen-bond donors (Lipinski definition) is 2. The van der Waals surface area contributed by atoms with Gasteiger partial charge < -0.3 is 5.21 Å². The summed E-state index contributed by atoms with van der Waals surface area (Å²) < 4.78 is 23.7. The molecule has 0 aromatic rings. The molecule has 4 nitrogen and oxygen atoms in total. The second-order valence-electron chi connectivity index (χ2n) is 5.87. The van der Waals surface area contributed by atoms with Gasteiger partial charge in [0.25, 0.3) is 0 Å². The number of rotatable bonds is 3. The van der Waals surface area contributed by atoms with Gasteiger partial charge in [0.1, 0.15) is 0 Å². The lowest BCUT2D eigenvalue weighted by Crippen LogP contribution is -2.48. The maximum Gasteiger partial charge on any atom is 0.159 e. The predicted molar refractivity (Wildman–Crippen MR) is 61.7 cm³/mol. The van der Waals surface area contributed by atoms with Crippen LogP contribution in [0.15, 0.2) is 0 Å². The molecular weight excluding hydrogens is 214 g/mol. The van der Waals surface area contributed by atoms with Gasteiger partial charge in [-0.1, -0.05) is 20.8 Å². The number of hydrogen-bond acceptors (Lipinski definition) is 4. The van der Waals surface area contributed by atoms with Crippen LogP contribution in [0.3, 0.4) is 0 Å². The molecule has 0 aliphatic carbocycles. The van der Waals surface area contributed by atoms with E-state index in [2.05, 4.69) is 0 Å². The van der Waals surface area contributed by atoms with Gasteiger partial charge in [-0.2, -0.15) is 0 Å². The van der Waals surface area contributed by atoms with Crippen molar-refractivity contribution in [2.75, 3.05) is 6.54 Å². The largest absolute Gasteiger partial charge is 0.317 e. The molecule has 0 aromatic heterocycles. The van der Waals surface area contributed by atoms with Gasteiger partial charge >= 0.3 is 0 Å². The average molecular weight is 237 g/mol.